The Kier molecular flexibility index (Phi) is 5.60. The summed E-state index contributed by atoms with van der Waals surface area (Å²) in [6, 6.07) is 15.3. The zero-order chi connectivity index (χ0) is 14.4. The number of rotatable bonds is 6. The number of halogens is 2. The number of hydrogen-bond acceptors (Lipinski definition) is 1. The Hall–Kier alpha value is -1.35. The molecule has 0 aliphatic carbocycles. The maximum absolute atomic E-state index is 14.3. The van der Waals surface area contributed by atoms with Crippen molar-refractivity contribution in [3.05, 3.63) is 59.9 Å². The zero-order valence-corrected chi connectivity index (χ0v) is 13.2. The van der Waals surface area contributed by atoms with Crippen molar-refractivity contribution in [2.75, 3.05) is 11.4 Å². The van der Waals surface area contributed by atoms with E-state index in [4.69, 9.17) is 0 Å². The van der Waals surface area contributed by atoms with E-state index in [1.807, 2.05) is 36.4 Å². The minimum absolute atomic E-state index is 0.165. The van der Waals surface area contributed by atoms with Gasteiger partial charge in [-0.15, -0.1) is 0 Å². The molecule has 2 rings (SSSR count). The van der Waals surface area contributed by atoms with Crippen LogP contribution in [0.15, 0.2) is 48.5 Å². The SMILES string of the molecule is CCCCN(c1ccccc1)c1c(F)cccc1CBr. The fourth-order valence-corrected chi connectivity index (χ4v) is 2.72. The van der Waals surface area contributed by atoms with Gasteiger partial charge in [0.25, 0.3) is 0 Å². The molecule has 0 aromatic heterocycles. The van der Waals surface area contributed by atoms with E-state index >= 15 is 0 Å². The summed E-state index contributed by atoms with van der Waals surface area (Å²) < 4.78 is 14.3. The summed E-state index contributed by atoms with van der Waals surface area (Å²) in [5.41, 5.74) is 2.70. The maximum atomic E-state index is 14.3. The van der Waals surface area contributed by atoms with E-state index in [-0.39, 0.29) is 5.82 Å². The van der Waals surface area contributed by atoms with Crippen LogP contribution in [0, 0.1) is 5.82 Å². The van der Waals surface area contributed by atoms with E-state index in [0.717, 1.165) is 30.6 Å². The largest absolute Gasteiger partial charge is 0.339 e. The molecule has 2 aromatic carbocycles. The average molecular weight is 336 g/mol. The van der Waals surface area contributed by atoms with Gasteiger partial charge in [-0.3, -0.25) is 0 Å². The highest BCUT2D eigenvalue weighted by atomic mass is 79.9. The Labute approximate surface area is 128 Å². The highest BCUT2D eigenvalue weighted by molar-refractivity contribution is 9.08. The Balaban J connectivity index is 2.46. The third kappa shape index (κ3) is 3.40. The topological polar surface area (TPSA) is 3.24 Å². The normalized spacial score (nSPS) is 10.6. The van der Waals surface area contributed by atoms with Gasteiger partial charge in [0, 0.05) is 17.6 Å². The number of para-hydroxylation sites is 2. The van der Waals surface area contributed by atoms with E-state index in [0.29, 0.717) is 11.0 Å². The lowest BCUT2D eigenvalue weighted by atomic mass is 10.1. The van der Waals surface area contributed by atoms with E-state index in [9.17, 15) is 4.39 Å². The first kappa shape index (κ1) is 15.0. The number of alkyl halides is 1. The Morgan fingerprint density at radius 1 is 1.05 bits per heavy atom. The van der Waals surface area contributed by atoms with Crippen LogP contribution in [0.1, 0.15) is 25.3 Å². The molecular formula is C17H19BrFN. The first-order chi connectivity index (χ1) is 9.77. The lowest BCUT2D eigenvalue weighted by Gasteiger charge is -2.27. The van der Waals surface area contributed by atoms with Gasteiger partial charge in [0.1, 0.15) is 5.82 Å². The third-order valence-electron chi connectivity index (χ3n) is 3.29. The molecule has 0 amide bonds. The molecule has 0 N–H and O–H groups in total. The van der Waals surface area contributed by atoms with Crippen LogP contribution in [0.4, 0.5) is 15.8 Å². The molecule has 20 heavy (non-hydrogen) atoms. The summed E-state index contributed by atoms with van der Waals surface area (Å²) >= 11 is 3.46. The molecule has 106 valence electrons. The van der Waals surface area contributed by atoms with Crippen LogP contribution in [0.2, 0.25) is 0 Å². The van der Waals surface area contributed by atoms with Crippen molar-refractivity contribution < 1.29 is 4.39 Å². The van der Waals surface area contributed by atoms with Gasteiger partial charge in [0.15, 0.2) is 0 Å². The lowest BCUT2D eigenvalue weighted by Crippen LogP contribution is -2.21. The molecule has 0 bridgehead atoms. The van der Waals surface area contributed by atoms with Crippen molar-refractivity contribution in [1.82, 2.24) is 0 Å². The highest BCUT2D eigenvalue weighted by Gasteiger charge is 2.16. The monoisotopic (exact) mass is 335 g/mol. The third-order valence-corrected chi connectivity index (χ3v) is 3.89. The molecule has 0 heterocycles. The van der Waals surface area contributed by atoms with Crippen LogP contribution in [-0.2, 0) is 5.33 Å². The summed E-state index contributed by atoms with van der Waals surface area (Å²) in [7, 11) is 0. The number of anilines is 2. The number of nitrogens with zero attached hydrogens (tertiary/aromatic N) is 1. The molecule has 0 aliphatic heterocycles. The van der Waals surface area contributed by atoms with Crippen molar-refractivity contribution in [2.45, 2.75) is 25.1 Å². The van der Waals surface area contributed by atoms with Gasteiger partial charge >= 0.3 is 0 Å². The van der Waals surface area contributed by atoms with Crippen molar-refractivity contribution in [1.29, 1.82) is 0 Å². The highest BCUT2D eigenvalue weighted by Crippen LogP contribution is 2.32. The second kappa shape index (κ2) is 7.44. The van der Waals surface area contributed by atoms with Gasteiger partial charge in [0.2, 0.25) is 0 Å². The molecule has 3 heteroatoms. The summed E-state index contributed by atoms with van der Waals surface area (Å²) in [4.78, 5) is 2.08. The quantitative estimate of drug-likeness (QED) is 0.615. The van der Waals surface area contributed by atoms with E-state index in [1.54, 1.807) is 6.07 Å². The lowest BCUT2D eigenvalue weighted by molar-refractivity contribution is 0.621. The Bertz CT molecular complexity index is 542. The minimum Gasteiger partial charge on any atom is -0.339 e. The number of hydrogen-bond donors (Lipinski definition) is 0. The van der Waals surface area contributed by atoms with Crippen LogP contribution >= 0.6 is 15.9 Å². The van der Waals surface area contributed by atoms with Gasteiger partial charge in [-0.05, 0) is 30.2 Å². The predicted molar refractivity (Wildman–Crippen MR) is 87.4 cm³/mol. The standard InChI is InChI=1S/C17H19BrFN/c1-2-3-12-20(15-9-5-4-6-10-15)17-14(13-18)8-7-11-16(17)19/h4-11H,2-3,12-13H2,1H3. The van der Waals surface area contributed by atoms with Crippen molar-refractivity contribution >= 4 is 27.3 Å². The van der Waals surface area contributed by atoms with Crippen LogP contribution in [0.5, 0.6) is 0 Å². The van der Waals surface area contributed by atoms with Gasteiger partial charge in [-0.1, -0.05) is 59.6 Å². The Morgan fingerprint density at radius 2 is 1.80 bits per heavy atom. The average Bonchev–Trinajstić information content (AvgIpc) is 2.50. The summed E-state index contributed by atoms with van der Waals surface area (Å²) in [5, 5.41) is 0.648. The predicted octanol–water partition coefficient (Wildman–Crippen LogP) is 5.66. The molecule has 0 spiro atoms. The number of unbranched alkanes of at least 4 members (excludes halogenated alkanes) is 1. The fraction of sp³-hybridized carbons (Fsp3) is 0.294. The van der Waals surface area contributed by atoms with E-state index in [2.05, 4.69) is 27.8 Å². The van der Waals surface area contributed by atoms with Gasteiger partial charge < -0.3 is 4.90 Å². The second-order valence-electron chi connectivity index (χ2n) is 4.72. The van der Waals surface area contributed by atoms with Crippen molar-refractivity contribution in [2.24, 2.45) is 0 Å². The van der Waals surface area contributed by atoms with Crippen LogP contribution in [0.3, 0.4) is 0 Å². The maximum Gasteiger partial charge on any atom is 0.147 e. The van der Waals surface area contributed by atoms with Crippen LogP contribution in [-0.4, -0.2) is 6.54 Å². The smallest absolute Gasteiger partial charge is 0.147 e. The molecule has 0 fully saturated rings. The Morgan fingerprint density at radius 3 is 2.45 bits per heavy atom. The molecule has 0 atom stereocenters. The molecule has 0 aliphatic rings. The van der Waals surface area contributed by atoms with E-state index in [1.165, 1.54) is 6.07 Å². The van der Waals surface area contributed by atoms with Crippen LogP contribution < -0.4 is 4.90 Å². The fourth-order valence-electron chi connectivity index (χ4n) is 2.26. The summed E-state index contributed by atoms with van der Waals surface area (Å²) in [6.45, 7) is 2.97. The molecule has 0 unspecified atom stereocenters. The second-order valence-corrected chi connectivity index (χ2v) is 5.28. The van der Waals surface area contributed by atoms with Crippen LogP contribution in [0.25, 0.3) is 0 Å². The summed E-state index contributed by atoms with van der Waals surface area (Å²) in [6.07, 6.45) is 2.12. The van der Waals surface area contributed by atoms with Crippen molar-refractivity contribution in [3.63, 3.8) is 0 Å². The molecule has 2 aromatic rings. The van der Waals surface area contributed by atoms with Gasteiger partial charge in [0.05, 0.1) is 5.69 Å². The first-order valence-electron chi connectivity index (χ1n) is 6.94. The zero-order valence-electron chi connectivity index (χ0n) is 11.7. The molecule has 0 radical (unpaired) electrons. The molecule has 1 nitrogen and oxygen atoms in total. The molecule has 0 saturated heterocycles. The summed E-state index contributed by atoms with van der Waals surface area (Å²) in [5.74, 6) is -0.165. The van der Waals surface area contributed by atoms with Gasteiger partial charge in [-0.25, -0.2) is 4.39 Å². The molecular weight excluding hydrogens is 317 g/mol. The van der Waals surface area contributed by atoms with E-state index < -0.39 is 0 Å². The first-order valence-corrected chi connectivity index (χ1v) is 8.06. The number of benzene rings is 2. The molecule has 0 saturated carbocycles. The van der Waals surface area contributed by atoms with Gasteiger partial charge in [-0.2, -0.15) is 0 Å². The van der Waals surface area contributed by atoms with Crippen molar-refractivity contribution in [3.8, 4) is 0 Å². The minimum atomic E-state index is -0.165.